The highest BCUT2D eigenvalue weighted by molar-refractivity contribution is 5.83. The molecule has 3 amide bonds. The number of carbonyl (C=O) groups is 2. The van der Waals surface area contributed by atoms with Gasteiger partial charge in [-0.25, -0.2) is 4.79 Å². The highest BCUT2D eigenvalue weighted by Gasteiger charge is 2.55. The molecule has 6 heteroatoms. The van der Waals surface area contributed by atoms with Gasteiger partial charge in [-0.2, -0.15) is 0 Å². The van der Waals surface area contributed by atoms with E-state index >= 15 is 0 Å². The number of amides is 3. The quantitative estimate of drug-likeness (QED) is 0.640. The maximum Gasteiger partial charge on any atom is 0.320 e. The number of carbonyl (C=O) groups excluding carboxylic acids is 2. The Balaban J connectivity index is 1.61. The fraction of sp³-hybridized carbons (Fsp3) is 0.704. The van der Waals surface area contributed by atoms with Gasteiger partial charge in [0.05, 0.1) is 11.0 Å². The Hall–Kier alpha value is -2.08. The van der Waals surface area contributed by atoms with Crippen molar-refractivity contribution in [3.05, 3.63) is 35.9 Å². The predicted molar refractivity (Wildman–Crippen MR) is 132 cm³/mol. The summed E-state index contributed by atoms with van der Waals surface area (Å²) in [5.74, 6) is 0.271. The number of rotatable bonds is 8. The van der Waals surface area contributed by atoms with E-state index in [1.54, 1.807) is 0 Å². The lowest BCUT2D eigenvalue weighted by Crippen LogP contribution is -2.57. The minimum Gasteiger partial charge on any atom is -0.369 e. The summed E-state index contributed by atoms with van der Waals surface area (Å²) in [7, 11) is 2.23. The van der Waals surface area contributed by atoms with Gasteiger partial charge in [0.15, 0.2) is 0 Å². The van der Waals surface area contributed by atoms with Gasteiger partial charge in [0.25, 0.3) is 0 Å². The predicted octanol–water partition coefficient (Wildman–Crippen LogP) is 4.20. The lowest BCUT2D eigenvalue weighted by Gasteiger charge is -2.52. The van der Waals surface area contributed by atoms with Crippen molar-refractivity contribution in [1.29, 1.82) is 0 Å². The smallest absolute Gasteiger partial charge is 0.320 e. The van der Waals surface area contributed by atoms with Gasteiger partial charge in [-0.05, 0) is 77.4 Å². The molecule has 0 bridgehead atoms. The fourth-order valence-electron chi connectivity index (χ4n) is 6.26. The summed E-state index contributed by atoms with van der Waals surface area (Å²) in [6.45, 7) is 8.87. The van der Waals surface area contributed by atoms with Gasteiger partial charge in [-0.3, -0.25) is 9.69 Å². The van der Waals surface area contributed by atoms with Crippen LogP contribution in [0.1, 0.15) is 71.3 Å². The maximum atomic E-state index is 13.7. The Bertz CT molecular complexity index is 856. The zero-order valence-electron chi connectivity index (χ0n) is 21.0. The third-order valence-electron chi connectivity index (χ3n) is 9.00. The summed E-state index contributed by atoms with van der Waals surface area (Å²) in [4.78, 5) is 32.3. The van der Waals surface area contributed by atoms with E-state index in [0.29, 0.717) is 19.0 Å². The maximum absolute atomic E-state index is 13.7. The third kappa shape index (κ3) is 4.27. The lowest BCUT2D eigenvalue weighted by atomic mass is 9.67. The second-order valence-corrected chi connectivity index (χ2v) is 11.4. The molecular weight excluding hydrogens is 412 g/mol. The number of nitrogens with zero attached hydrogens (tertiary/aromatic N) is 3. The standard InChI is InChI=1S/C27H42N4O2/c1-5-29(4)27(22-12-7-6-8-13-22)16-14-26(15-17-27)20-30(19-25(2,3)23(28)32)24(33)31(26)18-21-10-9-11-21/h6-8,12-13,21H,5,9-11,14-20H2,1-4H3,(H2,28,32). The average Bonchev–Trinajstić information content (AvgIpc) is 3.01. The molecule has 1 saturated heterocycles. The van der Waals surface area contributed by atoms with Gasteiger partial charge in [0, 0.05) is 25.2 Å². The molecule has 33 heavy (non-hydrogen) atoms. The first-order valence-corrected chi connectivity index (χ1v) is 12.8. The second kappa shape index (κ2) is 8.94. The number of benzene rings is 1. The highest BCUT2D eigenvalue weighted by atomic mass is 16.2. The van der Waals surface area contributed by atoms with E-state index in [1.165, 1.54) is 24.8 Å². The molecule has 2 saturated carbocycles. The van der Waals surface area contributed by atoms with Crippen molar-refractivity contribution in [3.63, 3.8) is 0 Å². The molecule has 1 aromatic rings. The van der Waals surface area contributed by atoms with E-state index in [0.717, 1.165) is 38.8 Å². The van der Waals surface area contributed by atoms with Crippen LogP contribution >= 0.6 is 0 Å². The van der Waals surface area contributed by atoms with Crippen molar-refractivity contribution in [1.82, 2.24) is 14.7 Å². The van der Waals surface area contributed by atoms with E-state index in [1.807, 2.05) is 18.7 Å². The second-order valence-electron chi connectivity index (χ2n) is 11.4. The van der Waals surface area contributed by atoms with Crippen molar-refractivity contribution in [2.75, 3.05) is 33.2 Å². The van der Waals surface area contributed by atoms with Crippen LogP contribution in [0.2, 0.25) is 0 Å². The van der Waals surface area contributed by atoms with Gasteiger partial charge < -0.3 is 15.5 Å². The molecule has 6 nitrogen and oxygen atoms in total. The number of nitrogens with two attached hydrogens (primary N) is 1. The van der Waals surface area contributed by atoms with Crippen LogP contribution in [-0.4, -0.2) is 65.4 Å². The monoisotopic (exact) mass is 454 g/mol. The number of hydrogen-bond donors (Lipinski definition) is 1. The molecule has 1 aromatic carbocycles. The van der Waals surface area contributed by atoms with Crippen molar-refractivity contribution in [3.8, 4) is 0 Å². The number of urea groups is 1. The topological polar surface area (TPSA) is 69.9 Å². The van der Waals surface area contributed by atoms with Crippen LogP contribution in [-0.2, 0) is 10.3 Å². The van der Waals surface area contributed by atoms with Crippen molar-refractivity contribution in [2.24, 2.45) is 17.1 Å². The van der Waals surface area contributed by atoms with E-state index in [9.17, 15) is 9.59 Å². The molecule has 0 aromatic heterocycles. The van der Waals surface area contributed by atoms with E-state index in [2.05, 4.69) is 54.1 Å². The zero-order chi connectivity index (χ0) is 23.9. The molecule has 0 radical (unpaired) electrons. The molecular formula is C27H42N4O2. The van der Waals surface area contributed by atoms with Crippen LogP contribution in [0.3, 0.4) is 0 Å². The third-order valence-corrected chi connectivity index (χ3v) is 9.00. The largest absolute Gasteiger partial charge is 0.369 e. The Morgan fingerprint density at radius 3 is 2.30 bits per heavy atom. The van der Waals surface area contributed by atoms with E-state index in [-0.39, 0.29) is 23.0 Å². The summed E-state index contributed by atoms with van der Waals surface area (Å²) in [6, 6.07) is 11.0. The summed E-state index contributed by atoms with van der Waals surface area (Å²) in [5.41, 5.74) is 6.18. The van der Waals surface area contributed by atoms with Crippen LogP contribution in [0.25, 0.3) is 0 Å². The minimum atomic E-state index is -0.728. The lowest BCUT2D eigenvalue weighted by molar-refractivity contribution is -0.126. The summed E-state index contributed by atoms with van der Waals surface area (Å²) < 4.78 is 0. The summed E-state index contributed by atoms with van der Waals surface area (Å²) in [5, 5.41) is 0. The highest BCUT2D eigenvalue weighted by Crippen LogP contribution is 2.50. The van der Waals surface area contributed by atoms with Crippen LogP contribution in [0.5, 0.6) is 0 Å². The molecule has 1 aliphatic heterocycles. The van der Waals surface area contributed by atoms with Crippen molar-refractivity contribution >= 4 is 11.9 Å². The molecule has 2 N–H and O–H groups in total. The molecule has 1 spiro atoms. The number of hydrogen-bond acceptors (Lipinski definition) is 3. The molecule has 1 heterocycles. The normalized spacial score (nSPS) is 28.6. The molecule has 182 valence electrons. The van der Waals surface area contributed by atoms with Gasteiger partial charge in [-0.15, -0.1) is 0 Å². The van der Waals surface area contributed by atoms with Crippen LogP contribution < -0.4 is 5.73 Å². The van der Waals surface area contributed by atoms with Crippen LogP contribution in [0, 0.1) is 11.3 Å². The summed E-state index contributed by atoms with van der Waals surface area (Å²) in [6.07, 6.45) is 7.75. The Morgan fingerprint density at radius 1 is 1.15 bits per heavy atom. The van der Waals surface area contributed by atoms with Gasteiger partial charge in [0.2, 0.25) is 5.91 Å². The minimum absolute atomic E-state index is 0.00631. The van der Waals surface area contributed by atoms with Gasteiger partial charge in [-0.1, -0.05) is 43.7 Å². The molecule has 4 rings (SSSR count). The molecule has 3 aliphatic rings. The molecule has 3 fully saturated rings. The SMILES string of the molecule is CCN(C)C1(c2ccccc2)CCC2(CC1)CN(CC(C)(C)C(N)=O)C(=O)N2CC1CCC1. The first-order chi connectivity index (χ1) is 15.6. The average molecular weight is 455 g/mol. The van der Waals surface area contributed by atoms with Crippen LogP contribution in [0.4, 0.5) is 4.79 Å². The van der Waals surface area contributed by atoms with Gasteiger partial charge in [0.1, 0.15) is 0 Å². The molecule has 0 atom stereocenters. The van der Waals surface area contributed by atoms with Gasteiger partial charge >= 0.3 is 6.03 Å². The van der Waals surface area contributed by atoms with Crippen molar-refractivity contribution in [2.45, 2.75) is 76.8 Å². The Labute approximate surface area is 199 Å². The zero-order valence-corrected chi connectivity index (χ0v) is 21.0. The van der Waals surface area contributed by atoms with Crippen LogP contribution in [0.15, 0.2) is 30.3 Å². The van der Waals surface area contributed by atoms with E-state index < -0.39 is 5.41 Å². The first-order valence-electron chi connectivity index (χ1n) is 12.8. The molecule has 2 aliphatic carbocycles. The van der Waals surface area contributed by atoms with Crippen molar-refractivity contribution < 1.29 is 9.59 Å². The summed E-state index contributed by atoms with van der Waals surface area (Å²) >= 11 is 0. The fourth-order valence-corrected chi connectivity index (χ4v) is 6.26. The Morgan fingerprint density at radius 2 is 1.79 bits per heavy atom. The molecule has 0 unspecified atom stereocenters. The number of primary amides is 1. The first kappa shape index (κ1) is 24.1. The Kier molecular flexibility index (Phi) is 6.51. The van der Waals surface area contributed by atoms with E-state index in [4.69, 9.17) is 5.73 Å².